The Kier molecular flexibility index (Phi) is 5.97. The maximum Gasteiger partial charge on any atom is 0.328 e. The van der Waals surface area contributed by atoms with Crippen LogP contribution in [0.4, 0.5) is 0 Å². The molecule has 1 atom stereocenters. The van der Waals surface area contributed by atoms with E-state index in [9.17, 15) is 9.59 Å². The summed E-state index contributed by atoms with van der Waals surface area (Å²) in [5, 5.41) is 12.4. The molecule has 1 aromatic carbocycles. The van der Waals surface area contributed by atoms with Gasteiger partial charge in [-0.3, -0.25) is 4.79 Å². The number of aromatic nitrogens is 1. The summed E-state index contributed by atoms with van der Waals surface area (Å²) in [6, 6.07) is 4.42. The monoisotopic (exact) mass is 332 g/mol. The number of hydrogen-bond donors (Lipinski definition) is 3. The van der Waals surface area contributed by atoms with Gasteiger partial charge < -0.3 is 24.9 Å². The molecule has 24 heavy (non-hydrogen) atoms. The van der Waals surface area contributed by atoms with Gasteiger partial charge in [-0.1, -0.05) is 12.1 Å². The zero-order valence-electron chi connectivity index (χ0n) is 13.4. The number of H-pyrrole nitrogens is 1. The smallest absolute Gasteiger partial charge is 0.328 e. The van der Waals surface area contributed by atoms with Gasteiger partial charge in [0.25, 0.3) is 0 Å². The number of carboxylic acid groups (broad SMARTS) is 1. The molecule has 128 valence electrons. The van der Waals surface area contributed by atoms with Gasteiger partial charge in [-0.25, -0.2) is 4.79 Å². The molecule has 0 spiro atoms. The van der Waals surface area contributed by atoms with Crippen molar-refractivity contribution in [2.24, 2.45) is 0 Å². The second kappa shape index (κ2) is 8.16. The van der Waals surface area contributed by atoms with E-state index in [1.165, 1.54) is 6.08 Å². The highest BCUT2D eigenvalue weighted by atomic mass is 16.5. The van der Waals surface area contributed by atoms with Gasteiger partial charge in [0.1, 0.15) is 5.75 Å². The lowest BCUT2D eigenvalue weighted by atomic mass is 10.1. The molecule has 3 N–H and O–H groups in total. The van der Waals surface area contributed by atoms with Crippen LogP contribution in [0.1, 0.15) is 5.56 Å². The molecule has 1 aromatic heterocycles. The maximum absolute atomic E-state index is 12.2. The van der Waals surface area contributed by atoms with Crippen LogP contribution in [0.2, 0.25) is 0 Å². The van der Waals surface area contributed by atoms with Crippen LogP contribution in [0.15, 0.2) is 37.1 Å². The first-order valence-corrected chi connectivity index (χ1v) is 7.40. The number of hydrogen-bond acceptors (Lipinski definition) is 4. The lowest BCUT2D eigenvalue weighted by Crippen LogP contribution is -2.44. The first kappa shape index (κ1) is 17.6. The van der Waals surface area contributed by atoms with Crippen LogP contribution in [-0.2, 0) is 20.7 Å². The lowest BCUT2D eigenvalue weighted by Gasteiger charge is -2.14. The van der Waals surface area contributed by atoms with Gasteiger partial charge in [0, 0.05) is 17.1 Å². The minimum Gasteiger partial charge on any atom is -0.496 e. The van der Waals surface area contributed by atoms with Gasteiger partial charge in [0.05, 0.1) is 26.7 Å². The summed E-state index contributed by atoms with van der Waals surface area (Å²) in [7, 11) is 1.56. The topological polar surface area (TPSA) is 101 Å². The molecule has 0 aliphatic carbocycles. The first-order chi connectivity index (χ1) is 11.6. The number of nitrogens with one attached hydrogen (secondary N) is 2. The van der Waals surface area contributed by atoms with Crippen molar-refractivity contribution in [2.45, 2.75) is 12.5 Å². The Bertz CT molecular complexity index is 738. The van der Waals surface area contributed by atoms with Gasteiger partial charge >= 0.3 is 5.97 Å². The van der Waals surface area contributed by atoms with Gasteiger partial charge in [-0.2, -0.15) is 0 Å². The van der Waals surface area contributed by atoms with Crippen molar-refractivity contribution in [1.29, 1.82) is 0 Å². The Morgan fingerprint density at radius 1 is 1.46 bits per heavy atom. The second-order valence-corrected chi connectivity index (χ2v) is 5.16. The van der Waals surface area contributed by atoms with Crippen LogP contribution in [0.3, 0.4) is 0 Å². The zero-order chi connectivity index (χ0) is 17.5. The third kappa shape index (κ3) is 4.14. The number of methoxy groups -OCH3 is 1. The van der Waals surface area contributed by atoms with E-state index >= 15 is 0 Å². The molecule has 7 heteroatoms. The highest BCUT2D eigenvalue weighted by Crippen LogP contribution is 2.28. The fraction of sp³-hybridized carbons (Fsp3) is 0.294. The molecule has 0 aliphatic heterocycles. The number of carbonyl (C=O) groups excluding carboxylic acids is 1. The van der Waals surface area contributed by atoms with Gasteiger partial charge in [0.15, 0.2) is 6.04 Å². The van der Waals surface area contributed by atoms with E-state index in [0.29, 0.717) is 5.75 Å². The average Bonchev–Trinajstić information content (AvgIpc) is 2.97. The van der Waals surface area contributed by atoms with Gasteiger partial charge in [0.2, 0.25) is 5.91 Å². The van der Waals surface area contributed by atoms with Gasteiger partial charge in [-0.05, 0) is 17.7 Å². The summed E-state index contributed by atoms with van der Waals surface area (Å²) in [6.07, 6.45) is 3.27. The normalized spacial score (nSPS) is 11.9. The van der Waals surface area contributed by atoms with E-state index in [0.717, 1.165) is 16.5 Å². The highest BCUT2D eigenvalue weighted by molar-refractivity contribution is 5.94. The van der Waals surface area contributed by atoms with Crippen LogP contribution >= 0.6 is 0 Å². The number of benzene rings is 1. The fourth-order valence-electron chi connectivity index (χ4n) is 2.39. The number of fused-ring (bicyclic) bond motifs is 1. The molecule has 0 fully saturated rings. The van der Waals surface area contributed by atoms with Crippen LogP contribution < -0.4 is 10.1 Å². The number of aliphatic carboxylic acids is 1. The molecular weight excluding hydrogens is 312 g/mol. The van der Waals surface area contributed by atoms with E-state index in [2.05, 4.69) is 16.9 Å². The Balaban J connectivity index is 2.08. The molecule has 0 aliphatic rings. The standard InChI is InChI=1S/C17H20N2O5/c1-3-7-24-10-13(17(21)22)19-15(20)8-11-9-18-12-5-4-6-14(23-2)16(11)12/h3-6,9,13,18H,1,7-8,10H2,2H3,(H,19,20)(H,21,22). The summed E-state index contributed by atoms with van der Waals surface area (Å²) in [6.45, 7) is 3.58. The lowest BCUT2D eigenvalue weighted by molar-refractivity contribution is -0.143. The molecule has 1 heterocycles. The maximum atomic E-state index is 12.2. The predicted octanol–water partition coefficient (Wildman–Crippen LogP) is 1.49. The largest absolute Gasteiger partial charge is 0.496 e. The molecule has 1 unspecified atom stereocenters. The Morgan fingerprint density at radius 3 is 2.92 bits per heavy atom. The van der Waals surface area contributed by atoms with Crippen molar-refractivity contribution in [1.82, 2.24) is 10.3 Å². The molecule has 0 radical (unpaired) electrons. The summed E-state index contributed by atoms with van der Waals surface area (Å²) in [5.74, 6) is -0.902. The average molecular weight is 332 g/mol. The van der Waals surface area contributed by atoms with Crippen molar-refractivity contribution < 1.29 is 24.2 Å². The van der Waals surface area contributed by atoms with E-state index in [4.69, 9.17) is 14.6 Å². The van der Waals surface area contributed by atoms with Crippen LogP contribution in [-0.4, -0.2) is 48.3 Å². The minimum atomic E-state index is -1.15. The third-order valence-electron chi connectivity index (χ3n) is 3.47. The molecule has 0 saturated heterocycles. The molecule has 2 rings (SSSR count). The third-order valence-corrected chi connectivity index (χ3v) is 3.47. The van der Waals surface area contributed by atoms with E-state index in [1.54, 1.807) is 19.4 Å². The minimum absolute atomic E-state index is 0.0333. The van der Waals surface area contributed by atoms with Crippen molar-refractivity contribution in [2.75, 3.05) is 20.3 Å². The van der Waals surface area contributed by atoms with Crippen LogP contribution in [0, 0.1) is 0 Å². The number of rotatable bonds is 9. The quantitative estimate of drug-likeness (QED) is 0.477. The SMILES string of the molecule is C=CCOCC(NC(=O)Cc1c[nH]c2cccc(OC)c12)C(=O)O. The number of aromatic amines is 1. The molecule has 7 nitrogen and oxygen atoms in total. The highest BCUT2D eigenvalue weighted by Gasteiger charge is 2.21. The van der Waals surface area contributed by atoms with E-state index in [1.807, 2.05) is 12.1 Å². The van der Waals surface area contributed by atoms with E-state index < -0.39 is 17.9 Å². The Labute approximate surface area is 139 Å². The number of carboxylic acids is 1. The molecule has 0 saturated carbocycles. The van der Waals surface area contributed by atoms with Crippen molar-refractivity contribution >= 4 is 22.8 Å². The molecule has 0 bridgehead atoms. The second-order valence-electron chi connectivity index (χ2n) is 5.16. The molecule has 2 aromatic rings. The first-order valence-electron chi connectivity index (χ1n) is 7.40. The van der Waals surface area contributed by atoms with Crippen molar-refractivity contribution in [3.8, 4) is 5.75 Å². The number of amides is 1. The fourth-order valence-corrected chi connectivity index (χ4v) is 2.39. The molecular formula is C17H20N2O5. The van der Waals surface area contributed by atoms with Crippen molar-refractivity contribution in [3.05, 3.63) is 42.6 Å². The Morgan fingerprint density at radius 2 is 2.25 bits per heavy atom. The summed E-state index contributed by atoms with van der Waals surface area (Å²) in [4.78, 5) is 26.5. The number of ether oxygens (including phenoxy) is 2. The van der Waals surface area contributed by atoms with Gasteiger partial charge in [-0.15, -0.1) is 6.58 Å². The van der Waals surface area contributed by atoms with Crippen LogP contribution in [0.25, 0.3) is 10.9 Å². The Hall–Kier alpha value is -2.80. The van der Waals surface area contributed by atoms with Crippen LogP contribution in [0.5, 0.6) is 5.75 Å². The predicted molar refractivity (Wildman–Crippen MR) is 89.1 cm³/mol. The summed E-state index contributed by atoms with van der Waals surface area (Å²) in [5.41, 5.74) is 1.58. The summed E-state index contributed by atoms with van der Waals surface area (Å²) < 4.78 is 10.4. The number of carbonyl (C=O) groups is 2. The molecule has 1 amide bonds. The zero-order valence-corrected chi connectivity index (χ0v) is 13.4. The summed E-state index contributed by atoms with van der Waals surface area (Å²) >= 11 is 0. The van der Waals surface area contributed by atoms with E-state index in [-0.39, 0.29) is 19.6 Å². The van der Waals surface area contributed by atoms with Crippen molar-refractivity contribution in [3.63, 3.8) is 0 Å².